The maximum atomic E-state index is 12.7. The van der Waals surface area contributed by atoms with Gasteiger partial charge in [0.15, 0.2) is 5.82 Å². The van der Waals surface area contributed by atoms with Gasteiger partial charge in [0.2, 0.25) is 0 Å². The highest BCUT2D eigenvalue weighted by atomic mass is 79.9. The third-order valence-corrected chi connectivity index (χ3v) is 2.04. The Hall–Kier alpha value is -1.43. The van der Waals surface area contributed by atoms with Crippen LogP contribution in [-0.2, 0) is 0 Å². The molecule has 6 heteroatoms. The van der Waals surface area contributed by atoms with Gasteiger partial charge < -0.3 is 5.73 Å². The van der Waals surface area contributed by atoms with Crippen molar-refractivity contribution in [1.29, 1.82) is 0 Å². The summed E-state index contributed by atoms with van der Waals surface area (Å²) in [7, 11) is 0. The number of anilines is 1. The van der Waals surface area contributed by atoms with Crippen LogP contribution in [0.1, 0.15) is 0 Å². The lowest BCUT2D eigenvalue weighted by atomic mass is 10.4. The molecule has 0 radical (unpaired) electrons. The van der Waals surface area contributed by atoms with Crippen molar-refractivity contribution >= 4 is 21.6 Å². The number of hydrogen-bond donors (Lipinski definition) is 1. The Kier molecular flexibility index (Phi) is 2.20. The summed E-state index contributed by atoms with van der Waals surface area (Å²) in [6, 6.07) is 1.21. The van der Waals surface area contributed by atoms with E-state index in [1.807, 2.05) is 0 Å². The summed E-state index contributed by atoms with van der Waals surface area (Å²) in [5.41, 5.74) is 5.83. The standard InChI is InChI=1S/C8H6BrFN4/c9-5-2-13-14(4-5)8-7(11)1-6(10)3-12-8/h1-4H,11H2. The van der Waals surface area contributed by atoms with Gasteiger partial charge >= 0.3 is 0 Å². The number of aromatic nitrogens is 3. The molecular weight excluding hydrogens is 251 g/mol. The van der Waals surface area contributed by atoms with Crippen molar-refractivity contribution in [3.8, 4) is 5.82 Å². The monoisotopic (exact) mass is 256 g/mol. The molecule has 0 aliphatic heterocycles. The zero-order valence-electron chi connectivity index (χ0n) is 6.98. The van der Waals surface area contributed by atoms with Gasteiger partial charge in [-0.2, -0.15) is 5.10 Å². The number of halogens is 2. The lowest BCUT2D eigenvalue weighted by molar-refractivity contribution is 0.620. The fourth-order valence-electron chi connectivity index (χ4n) is 1.06. The van der Waals surface area contributed by atoms with Crippen molar-refractivity contribution < 1.29 is 4.39 Å². The van der Waals surface area contributed by atoms with Gasteiger partial charge in [0.25, 0.3) is 0 Å². The third kappa shape index (κ3) is 1.60. The molecule has 0 atom stereocenters. The van der Waals surface area contributed by atoms with Crippen LogP contribution < -0.4 is 5.73 Å². The Balaban J connectivity index is 2.52. The number of hydrogen-bond acceptors (Lipinski definition) is 3. The van der Waals surface area contributed by atoms with Crippen LogP contribution in [0.3, 0.4) is 0 Å². The van der Waals surface area contributed by atoms with E-state index in [-0.39, 0.29) is 5.69 Å². The second-order valence-corrected chi connectivity index (χ2v) is 3.59. The van der Waals surface area contributed by atoms with Crippen molar-refractivity contribution in [3.05, 3.63) is 34.9 Å². The van der Waals surface area contributed by atoms with Crippen LogP contribution in [0.5, 0.6) is 0 Å². The molecule has 0 unspecified atom stereocenters. The SMILES string of the molecule is Nc1cc(F)cnc1-n1cc(Br)cn1. The van der Waals surface area contributed by atoms with Gasteiger partial charge in [-0.15, -0.1) is 0 Å². The lowest BCUT2D eigenvalue weighted by Gasteiger charge is -2.03. The Labute approximate surface area is 87.7 Å². The zero-order valence-corrected chi connectivity index (χ0v) is 8.57. The number of rotatable bonds is 1. The first-order valence-electron chi connectivity index (χ1n) is 3.78. The van der Waals surface area contributed by atoms with Crippen LogP contribution in [0.2, 0.25) is 0 Å². The number of nitrogens with two attached hydrogens (primary N) is 1. The van der Waals surface area contributed by atoms with E-state index in [1.165, 1.54) is 10.7 Å². The highest BCUT2D eigenvalue weighted by molar-refractivity contribution is 9.10. The summed E-state index contributed by atoms with van der Waals surface area (Å²) < 4.78 is 15.0. The van der Waals surface area contributed by atoms with E-state index in [9.17, 15) is 4.39 Å². The number of nitrogens with zero attached hydrogens (tertiary/aromatic N) is 3. The summed E-state index contributed by atoms with van der Waals surface area (Å²) in [5, 5.41) is 3.98. The molecule has 0 aromatic carbocycles. The average molecular weight is 257 g/mol. The van der Waals surface area contributed by atoms with Crippen LogP contribution in [0.25, 0.3) is 5.82 Å². The minimum absolute atomic E-state index is 0.251. The molecule has 2 aromatic heterocycles. The quantitative estimate of drug-likeness (QED) is 0.846. The second kappa shape index (κ2) is 3.38. The summed E-state index contributed by atoms with van der Waals surface area (Å²) in [6.07, 6.45) is 4.39. The van der Waals surface area contributed by atoms with Crippen LogP contribution >= 0.6 is 15.9 Å². The Morgan fingerprint density at radius 2 is 2.21 bits per heavy atom. The highest BCUT2D eigenvalue weighted by Gasteiger charge is 2.05. The Morgan fingerprint density at radius 3 is 2.79 bits per heavy atom. The van der Waals surface area contributed by atoms with E-state index < -0.39 is 5.82 Å². The predicted octanol–water partition coefficient (Wildman–Crippen LogP) is 1.75. The minimum atomic E-state index is -0.461. The van der Waals surface area contributed by atoms with Gasteiger partial charge in [0, 0.05) is 12.3 Å². The lowest BCUT2D eigenvalue weighted by Crippen LogP contribution is -2.03. The van der Waals surface area contributed by atoms with Crippen LogP contribution in [0.4, 0.5) is 10.1 Å². The Bertz CT molecular complexity index is 468. The molecule has 0 aliphatic rings. The van der Waals surface area contributed by atoms with Gasteiger partial charge in [-0.3, -0.25) is 0 Å². The van der Waals surface area contributed by atoms with Crippen molar-refractivity contribution in [2.45, 2.75) is 0 Å². The van der Waals surface area contributed by atoms with E-state index in [0.717, 1.165) is 10.7 Å². The molecule has 0 amide bonds. The van der Waals surface area contributed by atoms with Gasteiger partial charge in [-0.1, -0.05) is 0 Å². The number of pyridine rings is 1. The van der Waals surface area contributed by atoms with Crippen LogP contribution in [0.15, 0.2) is 29.1 Å². The fourth-order valence-corrected chi connectivity index (χ4v) is 1.34. The minimum Gasteiger partial charge on any atom is -0.396 e. The first-order valence-corrected chi connectivity index (χ1v) is 4.57. The molecule has 0 saturated carbocycles. The largest absolute Gasteiger partial charge is 0.396 e. The smallest absolute Gasteiger partial charge is 0.176 e. The molecule has 0 bridgehead atoms. The molecule has 2 heterocycles. The van der Waals surface area contributed by atoms with E-state index in [0.29, 0.717) is 5.82 Å². The molecule has 72 valence electrons. The summed E-state index contributed by atoms with van der Waals surface area (Å²) >= 11 is 3.24. The normalized spacial score (nSPS) is 10.4. The van der Waals surface area contributed by atoms with Crippen molar-refractivity contribution in [3.63, 3.8) is 0 Å². The molecule has 4 nitrogen and oxygen atoms in total. The molecule has 14 heavy (non-hydrogen) atoms. The van der Waals surface area contributed by atoms with E-state index >= 15 is 0 Å². The van der Waals surface area contributed by atoms with Gasteiger partial charge in [-0.25, -0.2) is 14.1 Å². The molecular formula is C8H6BrFN4. The van der Waals surface area contributed by atoms with E-state index in [1.54, 1.807) is 12.4 Å². The topological polar surface area (TPSA) is 56.7 Å². The fraction of sp³-hybridized carbons (Fsp3) is 0. The first-order chi connectivity index (χ1) is 6.66. The average Bonchev–Trinajstić information content (AvgIpc) is 2.51. The maximum Gasteiger partial charge on any atom is 0.176 e. The molecule has 2 N–H and O–H groups in total. The molecule has 0 saturated heterocycles. The molecule has 0 spiro atoms. The highest BCUT2D eigenvalue weighted by Crippen LogP contribution is 2.16. The van der Waals surface area contributed by atoms with Crippen LogP contribution in [-0.4, -0.2) is 14.8 Å². The van der Waals surface area contributed by atoms with Crippen LogP contribution in [0, 0.1) is 5.82 Å². The summed E-state index contributed by atoms with van der Waals surface area (Å²) in [6.45, 7) is 0. The summed E-state index contributed by atoms with van der Waals surface area (Å²) in [4.78, 5) is 3.84. The molecule has 0 fully saturated rings. The number of nitrogen functional groups attached to an aromatic ring is 1. The Morgan fingerprint density at radius 1 is 1.43 bits per heavy atom. The first kappa shape index (κ1) is 9.14. The van der Waals surface area contributed by atoms with Gasteiger partial charge in [-0.05, 0) is 15.9 Å². The van der Waals surface area contributed by atoms with Gasteiger partial charge in [0.1, 0.15) is 5.82 Å². The van der Waals surface area contributed by atoms with E-state index in [4.69, 9.17) is 5.73 Å². The molecule has 0 aliphatic carbocycles. The van der Waals surface area contributed by atoms with Gasteiger partial charge in [0.05, 0.1) is 22.6 Å². The zero-order chi connectivity index (χ0) is 10.1. The summed E-state index contributed by atoms with van der Waals surface area (Å²) in [5.74, 6) is -0.0467. The second-order valence-electron chi connectivity index (χ2n) is 2.67. The predicted molar refractivity (Wildman–Crippen MR) is 53.4 cm³/mol. The van der Waals surface area contributed by atoms with Crippen molar-refractivity contribution in [2.75, 3.05) is 5.73 Å². The molecule has 2 rings (SSSR count). The third-order valence-electron chi connectivity index (χ3n) is 1.63. The van der Waals surface area contributed by atoms with E-state index in [2.05, 4.69) is 26.0 Å². The van der Waals surface area contributed by atoms with Crippen molar-refractivity contribution in [2.24, 2.45) is 0 Å². The maximum absolute atomic E-state index is 12.7. The van der Waals surface area contributed by atoms with Crippen molar-refractivity contribution in [1.82, 2.24) is 14.8 Å². The molecule has 2 aromatic rings.